The first-order valence-electron chi connectivity index (χ1n) is 6.56. The number of hydrogen-bond acceptors (Lipinski definition) is 3. The Bertz CT molecular complexity index is 697. The van der Waals surface area contributed by atoms with Gasteiger partial charge in [-0.05, 0) is 30.7 Å². The van der Waals surface area contributed by atoms with Gasteiger partial charge in [0.1, 0.15) is 0 Å². The van der Waals surface area contributed by atoms with Crippen LogP contribution in [0.3, 0.4) is 0 Å². The normalized spacial score (nSPS) is 10.8. The molecule has 1 amide bonds. The fourth-order valence-electron chi connectivity index (χ4n) is 1.98. The van der Waals surface area contributed by atoms with Crippen LogP contribution >= 0.6 is 0 Å². The number of anilines is 1. The minimum Gasteiger partial charge on any atom is -0.326 e. The molecule has 108 valence electrons. The van der Waals surface area contributed by atoms with Gasteiger partial charge in [0, 0.05) is 25.9 Å². The first-order chi connectivity index (χ1) is 9.95. The van der Waals surface area contributed by atoms with Crippen LogP contribution < -0.4 is 5.32 Å². The van der Waals surface area contributed by atoms with Crippen molar-refractivity contribution in [1.29, 1.82) is 0 Å². The standard InChI is InChI=1S/C16H17N3O2/c1-11-15(10-19(3)18-11)16(21)9-6-13-4-7-14(8-5-13)17-12(2)20/h4-10H,1-3H3,(H,17,20)/b9-6+. The minimum absolute atomic E-state index is 0.0773. The summed E-state index contributed by atoms with van der Waals surface area (Å²) in [6, 6.07) is 7.26. The van der Waals surface area contributed by atoms with E-state index < -0.39 is 0 Å². The molecule has 0 fully saturated rings. The molecule has 0 saturated carbocycles. The molecule has 0 unspecified atom stereocenters. The van der Waals surface area contributed by atoms with Crippen molar-refractivity contribution < 1.29 is 9.59 Å². The Morgan fingerprint density at radius 3 is 2.43 bits per heavy atom. The number of carbonyl (C=O) groups is 2. The molecule has 0 aliphatic heterocycles. The molecular formula is C16H17N3O2. The number of amides is 1. The van der Waals surface area contributed by atoms with Gasteiger partial charge in [-0.15, -0.1) is 0 Å². The summed E-state index contributed by atoms with van der Waals surface area (Å²) in [5.41, 5.74) is 2.94. The minimum atomic E-state index is -0.111. The highest BCUT2D eigenvalue weighted by atomic mass is 16.1. The fraction of sp³-hybridized carbons (Fsp3) is 0.188. The van der Waals surface area contributed by atoms with Crippen molar-refractivity contribution in [1.82, 2.24) is 9.78 Å². The lowest BCUT2D eigenvalue weighted by Crippen LogP contribution is -2.05. The van der Waals surface area contributed by atoms with Crippen LogP contribution in [0.5, 0.6) is 0 Å². The number of ketones is 1. The molecule has 2 aromatic rings. The first-order valence-corrected chi connectivity index (χ1v) is 6.56. The van der Waals surface area contributed by atoms with Gasteiger partial charge in [-0.2, -0.15) is 5.10 Å². The predicted octanol–water partition coefficient (Wildman–Crippen LogP) is 2.58. The van der Waals surface area contributed by atoms with Gasteiger partial charge in [0.15, 0.2) is 5.78 Å². The molecule has 0 saturated heterocycles. The van der Waals surface area contributed by atoms with E-state index >= 15 is 0 Å². The number of rotatable bonds is 4. The number of nitrogens with one attached hydrogen (secondary N) is 1. The molecular weight excluding hydrogens is 266 g/mol. The molecule has 0 bridgehead atoms. The third-order valence-electron chi connectivity index (χ3n) is 2.94. The number of aromatic nitrogens is 2. The van der Waals surface area contributed by atoms with E-state index in [4.69, 9.17) is 0 Å². The van der Waals surface area contributed by atoms with E-state index in [2.05, 4.69) is 10.4 Å². The molecule has 0 spiro atoms. The third-order valence-corrected chi connectivity index (χ3v) is 2.94. The van der Waals surface area contributed by atoms with Gasteiger partial charge in [0.25, 0.3) is 0 Å². The number of nitrogens with zero attached hydrogens (tertiary/aromatic N) is 2. The monoisotopic (exact) mass is 283 g/mol. The van der Waals surface area contributed by atoms with E-state index in [1.165, 1.54) is 13.0 Å². The molecule has 2 rings (SSSR count). The lowest BCUT2D eigenvalue weighted by molar-refractivity contribution is -0.114. The Labute approximate surface area is 123 Å². The van der Waals surface area contributed by atoms with E-state index in [-0.39, 0.29) is 11.7 Å². The zero-order valence-electron chi connectivity index (χ0n) is 12.3. The van der Waals surface area contributed by atoms with Crippen LogP contribution in [-0.2, 0) is 11.8 Å². The van der Waals surface area contributed by atoms with Crippen LogP contribution in [0.4, 0.5) is 5.69 Å². The van der Waals surface area contributed by atoms with Crippen LogP contribution in [0, 0.1) is 6.92 Å². The fourth-order valence-corrected chi connectivity index (χ4v) is 1.98. The summed E-state index contributed by atoms with van der Waals surface area (Å²) in [4.78, 5) is 23.0. The van der Waals surface area contributed by atoms with Crippen LogP contribution in [0.15, 0.2) is 36.5 Å². The number of aryl methyl sites for hydroxylation is 2. The van der Waals surface area contributed by atoms with Gasteiger partial charge in [-0.1, -0.05) is 18.2 Å². The van der Waals surface area contributed by atoms with Crippen LogP contribution in [0.2, 0.25) is 0 Å². The molecule has 1 heterocycles. The molecule has 1 aromatic carbocycles. The molecule has 0 aliphatic carbocycles. The van der Waals surface area contributed by atoms with Crippen LogP contribution in [-0.4, -0.2) is 21.5 Å². The maximum atomic E-state index is 12.1. The predicted molar refractivity (Wildman–Crippen MR) is 82.1 cm³/mol. The van der Waals surface area contributed by atoms with Gasteiger partial charge in [0.2, 0.25) is 5.91 Å². The molecule has 5 heteroatoms. The highest BCUT2D eigenvalue weighted by Gasteiger charge is 2.09. The second-order valence-electron chi connectivity index (χ2n) is 4.80. The van der Waals surface area contributed by atoms with E-state index in [1.807, 2.05) is 19.1 Å². The van der Waals surface area contributed by atoms with Crippen molar-refractivity contribution in [3.05, 3.63) is 53.4 Å². The summed E-state index contributed by atoms with van der Waals surface area (Å²) in [7, 11) is 1.79. The Balaban J connectivity index is 2.08. The smallest absolute Gasteiger partial charge is 0.221 e. The van der Waals surface area contributed by atoms with Gasteiger partial charge in [-0.3, -0.25) is 14.3 Å². The summed E-state index contributed by atoms with van der Waals surface area (Å²) in [5, 5.41) is 6.84. The summed E-state index contributed by atoms with van der Waals surface area (Å²) in [6.07, 6.45) is 4.98. The maximum Gasteiger partial charge on any atom is 0.221 e. The van der Waals surface area contributed by atoms with Crippen molar-refractivity contribution in [2.75, 3.05) is 5.32 Å². The summed E-state index contributed by atoms with van der Waals surface area (Å²) >= 11 is 0. The molecule has 0 atom stereocenters. The van der Waals surface area contributed by atoms with Gasteiger partial charge in [-0.25, -0.2) is 0 Å². The van der Waals surface area contributed by atoms with Crippen molar-refractivity contribution >= 4 is 23.5 Å². The van der Waals surface area contributed by atoms with Crippen LogP contribution in [0.1, 0.15) is 28.5 Å². The van der Waals surface area contributed by atoms with Crippen LogP contribution in [0.25, 0.3) is 6.08 Å². The van der Waals surface area contributed by atoms with E-state index in [9.17, 15) is 9.59 Å². The second kappa shape index (κ2) is 6.17. The third kappa shape index (κ3) is 3.89. The Morgan fingerprint density at radius 1 is 1.24 bits per heavy atom. The zero-order valence-corrected chi connectivity index (χ0v) is 12.3. The van der Waals surface area contributed by atoms with Gasteiger partial charge >= 0.3 is 0 Å². The number of carbonyl (C=O) groups excluding carboxylic acids is 2. The number of benzene rings is 1. The maximum absolute atomic E-state index is 12.1. The molecule has 1 N–H and O–H groups in total. The lowest BCUT2D eigenvalue weighted by Gasteiger charge is -2.01. The van der Waals surface area contributed by atoms with Crippen molar-refractivity contribution in [2.24, 2.45) is 7.05 Å². The summed E-state index contributed by atoms with van der Waals surface area (Å²) in [6.45, 7) is 3.27. The lowest BCUT2D eigenvalue weighted by atomic mass is 10.1. The molecule has 0 radical (unpaired) electrons. The number of hydrogen-bond donors (Lipinski definition) is 1. The van der Waals surface area contributed by atoms with Gasteiger partial charge < -0.3 is 5.32 Å². The van der Waals surface area contributed by atoms with E-state index in [0.29, 0.717) is 11.3 Å². The molecule has 0 aliphatic rings. The average molecular weight is 283 g/mol. The van der Waals surface area contributed by atoms with Crippen molar-refractivity contribution in [3.63, 3.8) is 0 Å². The SMILES string of the molecule is CC(=O)Nc1ccc(/C=C/C(=O)c2cn(C)nc2C)cc1. The van der Waals surface area contributed by atoms with E-state index in [1.54, 1.807) is 36.1 Å². The molecule has 5 nitrogen and oxygen atoms in total. The first kappa shape index (κ1) is 14.7. The van der Waals surface area contributed by atoms with E-state index in [0.717, 1.165) is 11.3 Å². The number of allylic oxidation sites excluding steroid dienone is 1. The average Bonchev–Trinajstić information content (AvgIpc) is 2.76. The largest absolute Gasteiger partial charge is 0.326 e. The second-order valence-corrected chi connectivity index (χ2v) is 4.80. The highest BCUT2D eigenvalue weighted by molar-refractivity contribution is 6.07. The Morgan fingerprint density at radius 2 is 1.90 bits per heavy atom. The Kier molecular flexibility index (Phi) is 4.33. The Hall–Kier alpha value is -2.69. The summed E-state index contributed by atoms with van der Waals surface area (Å²) < 4.78 is 1.62. The van der Waals surface area contributed by atoms with Gasteiger partial charge in [0.05, 0.1) is 11.3 Å². The topological polar surface area (TPSA) is 64.0 Å². The quantitative estimate of drug-likeness (QED) is 0.693. The molecule has 1 aromatic heterocycles. The molecule has 21 heavy (non-hydrogen) atoms. The zero-order chi connectivity index (χ0) is 15.4. The van der Waals surface area contributed by atoms with Crippen molar-refractivity contribution in [3.8, 4) is 0 Å². The van der Waals surface area contributed by atoms with Crippen molar-refractivity contribution in [2.45, 2.75) is 13.8 Å². The highest BCUT2D eigenvalue weighted by Crippen LogP contribution is 2.12. The summed E-state index contributed by atoms with van der Waals surface area (Å²) in [5.74, 6) is -0.188.